The van der Waals surface area contributed by atoms with Crippen LogP contribution in [-0.4, -0.2) is 21.0 Å². The Labute approximate surface area is 163 Å². The first-order valence-electron chi connectivity index (χ1n) is 7.92. The van der Waals surface area contributed by atoms with Crippen molar-refractivity contribution in [3.63, 3.8) is 0 Å². The maximum Gasteiger partial charge on any atom is 0.307 e. The van der Waals surface area contributed by atoms with E-state index in [0.29, 0.717) is 5.56 Å². The van der Waals surface area contributed by atoms with E-state index < -0.39 is 22.0 Å². The Balaban J connectivity index is 2.37. The van der Waals surface area contributed by atoms with Crippen LogP contribution < -0.4 is 4.72 Å². The molecule has 0 aliphatic carbocycles. The molecule has 5 nitrogen and oxygen atoms in total. The summed E-state index contributed by atoms with van der Waals surface area (Å²) < 4.78 is 33.1. The molecule has 0 saturated carbocycles. The fourth-order valence-electron chi connectivity index (χ4n) is 2.35. The molecule has 1 N–H and O–H groups in total. The number of rotatable bonds is 7. The van der Waals surface area contributed by atoms with Crippen molar-refractivity contribution in [2.24, 2.45) is 0 Å². The normalized spacial score (nSPS) is 12.6. The van der Waals surface area contributed by atoms with Crippen LogP contribution in [-0.2, 0) is 19.6 Å². The predicted octanol–water partition coefficient (Wildman–Crippen LogP) is 4.27. The van der Waals surface area contributed by atoms with Crippen molar-refractivity contribution in [3.8, 4) is 0 Å². The van der Waals surface area contributed by atoms with Gasteiger partial charge in [0, 0.05) is 5.02 Å². The van der Waals surface area contributed by atoms with Crippen molar-refractivity contribution in [3.05, 3.63) is 63.6 Å². The molecule has 2 aromatic carbocycles. The van der Waals surface area contributed by atoms with Gasteiger partial charge >= 0.3 is 5.97 Å². The minimum atomic E-state index is -4.01. The summed E-state index contributed by atoms with van der Waals surface area (Å²) in [5.74, 6) is -0.502. The summed E-state index contributed by atoms with van der Waals surface area (Å²) in [7, 11) is -4.01. The lowest BCUT2D eigenvalue weighted by atomic mass is 10.0. The molecule has 1 atom stereocenters. The van der Waals surface area contributed by atoms with Crippen molar-refractivity contribution in [2.75, 3.05) is 6.61 Å². The van der Waals surface area contributed by atoms with Crippen molar-refractivity contribution >= 4 is 39.2 Å². The van der Waals surface area contributed by atoms with E-state index in [1.54, 1.807) is 19.1 Å². The summed E-state index contributed by atoms with van der Waals surface area (Å²) in [5.41, 5.74) is 1.66. The smallest absolute Gasteiger partial charge is 0.307 e. The Bertz CT molecular complexity index is 883. The molecule has 0 fully saturated rings. The van der Waals surface area contributed by atoms with E-state index in [1.165, 1.54) is 18.2 Å². The summed E-state index contributed by atoms with van der Waals surface area (Å²) in [6.07, 6.45) is -0.145. The summed E-state index contributed by atoms with van der Waals surface area (Å²) in [5, 5.41) is 0.285. The fourth-order valence-corrected chi connectivity index (χ4v) is 4.33. The number of carbonyl (C=O) groups is 1. The molecule has 2 aromatic rings. The molecular weight excluding hydrogens is 397 g/mol. The Morgan fingerprint density at radius 3 is 2.42 bits per heavy atom. The third kappa shape index (κ3) is 5.45. The molecule has 1 unspecified atom stereocenters. The Morgan fingerprint density at radius 1 is 1.15 bits per heavy atom. The summed E-state index contributed by atoms with van der Waals surface area (Å²) >= 11 is 11.9. The van der Waals surface area contributed by atoms with Crippen LogP contribution in [0.15, 0.2) is 47.4 Å². The van der Waals surface area contributed by atoms with E-state index in [9.17, 15) is 13.2 Å². The van der Waals surface area contributed by atoms with Gasteiger partial charge < -0.3 is 4.74 Å². The van der Waals surface area contributed by atoms with E-state index >= 15 is 0 Å². The number of carbonyl (C=O) groups excluding carboxylic acids is 1. The number of halogens is 2. The number of ether oxygens (including phenoxy) is 1. The highest BCUT2D eigenvalue weighted by Gasteiger charge is 2.26. The molecule has 0 aliphatic rings. The largest absolute Gasteiger partial charge is 0.466 e. The number of sulfonamides is 1. The third-order valence-electron chi connectivity index (χ3n) is 3.64. The Hall–Kier alpha value is -1.60. The molecule has 26 heavy (non-hydrogen) atoms. The second-order valence-corrected chi connectivity index (χ2v) is 8.19. The van der Waals surface area contributed by atoms with Crippen LogP contribution in [0.4, 0.5) is 0 Å². The lowest BCUT2D eigenvalue weighted by Gasteiger charge is -2.19. The van der Waals surface area contributed by atoms with Gasteiger partial charge in [-0.2, -0.15) is 0 Å². The monoisotopic (exact) mass is 415 g/mol. The van der Waals surface area contributed by atoms with Gasteiger partial charge in [0.15, 0.2) is 0 Å². The van der Waals surface area contributed by atoms with Crippen molar-refractivity contribution < 1.29 is 17.9 Å². The van der Waals surface area contributed by atoms with Gasteiger partial charge in [-0.25, -0.2) is 13.1 Å². The molecular formula is C18H19Cl2NO4S. The zero-order valence-corrected chi connectivity index (χ0v) is 16.7. The van der Waals surface area contributed by atoms with Crippen LogP contribution in [0, 0.1) is 6.92 Å². The average molecular weight is 416 g/mol. The standard InChI is InChI=1S/C18H19Cl2NO4S/c1-3-25-18(22)11-16(13-6-4-12(2)5-7-13)21-26(23,24)17-10-14(19)8-9-15(17)20/h4-10,16,21H,3,11H2,1-2H3. The van der Waals surface area contributed by atoms with E-state index in [4.69, 9.17) is 27.9 Å². The van der Waals surface area contributed by atoms with Crippen LogP contribution in [0.25, 0.3) is 0 Å². The second kappa shape index (κ2) is 8.86. The van der Waals surface area contributed by atoms with Crippen LogP contribution in [0.3, 0.4) is 0 Å². The lowest BCUT2D eigenvalue weighted by Crippen LogP contribution is -2.31. The number of benzene rings is 2. The van der Waals surface area contributed by atoms with E-state index in [-0.39, 0.29) is 28.0 Å². The fraction of sp³-hybridized carbons (Fsp3) is 0.278. The van der Waals surface area contributed by atoms with E-state index in [1.807, 2.05) is 19.1 Å². The topological polar surface area (TPSA) is 72.5 Å². The van der Waals surface area contributed by atoms with Crippen molar-refractivity contribution in [1.82, 2.24) is 4.72 Å². The van der Waals surface area contributed by atoms with E-state index in [2.05, 4.69) is 4.72 Å². The van der Waals surface area contributed by atoms with Gasteiger partial charge in [0.2, 0.25) is 10.0 Å². The first-order valence-corrected chi connectivity index (χ1v) is 10.2. The van der Waals surface area contributed by atoms with Crippen LogP contribution in [0.2, 0.25) is 10.0 Å². The molecule has 8 heteroatoms. The van der Waals surface area contributed by atoms with Crippen LogP contribution in [0.5, 0.6) is 0 Å². The van der Waals surface area contributed by atoms with Gasteiger partial charge in [-0.3, -0.25) is 4.79 Å². The predicted molar refractivity (Wildman–Crippen MR) is 102 cm³/mol. The maximum atomic E-state index is 12.8. The number of esters is 1. The molecule has 140 valence electrons. The average Bonchev–Trinajstić information content (AvgIpc) is 2.57. The molecule has 0 saturated heterocycles. The van der Waals surface area contributed by atoms with Crippen molar-refractivity contribution in [1.29, 1.82) is 0 Å². The van der Waals surface area contributed by atoms with Gasteiger partial charge in [-0.1, -0.05) is 53.0 Å². The quantitative estimate of drug-likeness (QED) is 0.684. The minimum Gasteiger partial charge on any atom is -0.466 e. The maximum absolute atomic E-state index is 12.8. The first-order chi connectivity index (χ1) is 12.2. The number of hydrogen-bond acceptors (Lipinski definition) is 4. The highest BCUT2D eigenvalue weighted by Crippen LogP contribution is 2.27. The van der Waals surface area contributed by atoms with Gasteiger partial charge in [-0.15, -0.1) is 0 Å². The SMILES string of the molecule is CCOC(=O)CC(NS(=O)(=O)c1cc(Cl)ccc1Cl)c1ccc(C)cc1. The lowest BCUT2D eigenvalue weighted by molar-refractivity contribution is -0.143. The summed E-state index contributed by atoms with van der Waals surface area (Å²) in [4.78, 5) is 11.8. The second-order valence-electron chi connectivity index (χ2n) is 5.67. The molecule has 0 amide bonds. The molecule has 0 bridgehead atoms. The zero-order valence-electron chi connectivity index (χ0n) is 14.3. The molecule has 0 radical (unpaired) electrons. The van der Waals surface area contributed by atoms with Gasteiger partial charge in [0.25, 0.3) is 0 Å². The molecule has 0 aliphatic heterocycles. The van der Waals surface area contributed by atoms with Gasteiger partial charge in [-0.05, 0) is 37.6 Å². The first kappa shape index (κ1) is 20.7. The van der Waals surface area contributed by atoms with Crippen LogP contribution in [0.1, 0.15) is 30.5 Å². The number of aryl methyl sites for hydroxylation is 1. The molecule has 0 spiro atoms. The number of nitrogens with one attached hydrogen (secondary N) is 1. The highest BCUT2D eigenvalue weighted by atomic mass is 35.5. The molecule has 0 heterocycles. The van der Waals surface area contributed by atoms with Crippen molar-refractivity contribution in [2.45, 2.75) is 31.2 Å². The third-order valence-corrected chi connectivity index (χ3v) is 5.82. The molecule has 0 aromatic heterocycles. The molecule has 2 rings (SSSR count). The minimum absolute atomic E-state index is 0.0423. The van der Waals surface area contributed by atoms with Gasteiger partial charge in [0.1, 0.15) is 4.90 Å². The zero-order chi connectivity index (χ0) is 19.3. The van der Waals surface area contributed by atoms with Crippen LogP contribution >= 0.6 is 23.2 Å². The van der Waals surface area contributed by atoms with Gasteiger partial charge in [0.05, 0.1) is 24.1 Å². The van der Waals surface area contributed by atoms with E-state index in [0.717, 1.165) is 5.56 Å². The Morgan fingerprint density at radius 2 is 1.81 bits per heavy atom. The highest BCUT2D eigenvalue weighted by molar-refractivity contribution is 7.89. The Kier molecular flexibility index (Phi) is 7.06. The summed E-state index contributed by atoms with van der Waals surface area (Å²) in [6, 6.07) is 10.6. The number of hydrogen-bond donors (Lipinski definition) is 1. The summed E-state index contributed by atoms with van der Waals surface area (Å²) in [6.45, 7) is 3.82.